The summed E-state index contributed by atoms with van der Waals surface area (Å²) in [5.74, 6) is 5.84. The van der Waals surface area contributed by atoms with Crippen LogP contribution in [-0.4, -0.2) is 0 Å². The van der Waals surface area contributed by atoms with Gasteiger partial charge in [0.2, 0.25) is 0 Å². The molecule has 0 aliphatic carbocycles. The zero-order valence-corrected chi connectivity index (χ0v) is 11.7. The van der Waals surface area contributed by atoms with Gasteiger partial charge in [0.25, 0.3) is 0 Å². The molecule has 0 saturated heterocycles. The Kier molecular flexibility index (Phi) is 4.43. The SMILES string of the molecule is NN(NNc1ccccc1Br)c1ccc(Cl)cc1. The highest BCUT2D eigenvalue weighted by atomic mass is 79.9. The van der Waals surface area contributed by atoms with Crippen LogP contribution in [0.1, 0.15) is 0 Å². The second kappa shape index (κ2) is 6.06. The number of anilines is 2. The van der Waals surface area contributed by atoms with E-state index in [1.54, 1.807) is 12.1 Å². The van der Waals surface area contributed by atoms with Crippen molar-refractivity contribution in [2.24, 2.45) is 5.84 Å². The van der Waals surface area contributed by atoms with Crippen molar-refractivity contribution in [3.8, 4) is 0 Å². The van der Waals surface area contributed by atoms with Crippen molar-refractivity contribution in [3.63, 3.8) is 0 Å². The van der Waals surface area contributed by atoms with E-state index < -0.39 is 0 Å². The first-order valence-electron chi connectivity index (χ1n) is 5.23. The maximum Gasteiger partial charge on any atom is 0.0719 e. The van der Waals surface area contributed by atoms with Gasteiger partial charge in [0.05, 0.1) is 11.4 Å². The molecule has 0 aliphatic heterocycles. The van der Waals surface area contributed by atoms with E-state index in [9.17, 15) is 0 Å². The van der Waals surface area contributed by atoms with Gasteiger partial charge < -0.3 is 5.43 Å². The number of nitrogens with zero attached hydrogens (tertiary/aromatic N) is 1. The van der Waals surface area contributed by atoms with Gasteiger partial charge in [-0.15, -0.1) is 5.53 Å². The van der Waals surface area contributed by atoms with Crippen molar-refractivity contribution < 1.29 is 0 Å². The van der Waals surface area contributed by atoms with Gasteiger partial charge in [0.1, 0.15) is 0 Å². The lowest BCUT2D eigenvalue weighted by atomic mass is 10.3. The van der Waals surface area contributed by atoms with Crippen LogP contribution in [-0.2, 0) is 0 Å². The molecule has 4 N–H and O–H groups in total. The molecular formula is C12H12BrClN4. The second-order valence-electron chi connectivity index (χ2n) is 3.56. The molecular weight excluding hydrogens is 316 g/mol. The molecule has 0 aliphatic rings. The summed E-state index contributed by atoms with van der Waals surface area (Å²) >= 11 is 9.24. The Balaban J connectivity index is 1.98. The highest BCUT2D eigenvalue weighted by molar-refractivity contribution is 9.10. The number of halogens is 2. The molecule has 2 aromatic carbocycles. The average molecular weight is 328 g/mol. The maximum absolute atomic E-state index is 5.84. The topological polar surface area (TPSA) is 53.3 Å². The minimum Gasteiger partial charge on any atom is -0.302 e. The molecule has 0 spiro atoms. The summed E-state index contributed by atoms with van der Waals surface area (Å²) < 4.78 is 0.946. The van der Waals surface area contributed by atoms with Gasteiger partial charge in [0.15, 0.2) is 0 Å². The zero-order valence-electron chi connectivity index (χ0n) is 9.40. The Bertz CT molecular complexity index is 518. The summed E-state index contributed by atoms with van der Waals surface area (Å²) in [5.41, 5.74) is 7.54. The quantitative estimate of drug-likeness (QED) is 0.596. The Labute approximate surface area is 119 Å². The molecule has 94 valence electrons. The summed E-state index contributed by atoms with van der Waals surface area (Å²) in [6.07, 6.45) is 0. The van der Waals surface area contributed by atoms with Gasteiger partial charge in [-0.1, -0.05) is 23.7 Å². The van der Waals surface area contributed by atoms with E-state index in [4.69, 9.17) is 17.4 Å². The predicted molar refractivity (Wildman–Crippen MR) is 79.0 cm³/mol. The van der Waals surface area contributed by atoms with Crippen molar-refractivity contribution >= 4 is 38.9 Å². The molecule has 2 rings (SSSR count). The van der Waals surface area contributed by atoms with E-state index >= 15 is 0 Å². The van der Waals surface area contributed by atoms with Crippen molar-refractivity contribution in [3.05, 3.63) is 58.0 Å². The van der Waals surface area contributed by atoms with Crippen LogP contribution in [0.4, 0.5) is 11.4 Å². The number of hydrazine groups is 3. The van der Waals surface area contributed by atoms with E-state index in [1.807, 2.05) is 36.4 Å². The third-order valence-electron chi connectivity index (χ3n) is 2.29. The van der Waals surface area contributed by atoms with E-state index in [1.165, 1.54) is 5.12 Å². The molecule has 0 aromatic heterocycles. The number of rotatable bonds is 4. The van der Waals surface area contributed by atoms with Crippen LogP contribution in [0.3, 0.4) is 0 Å². The van der Waals surface area contributed by atoms with E-state index in [0.29, 0.717) is 5.02 Å². The zero-order chi connectivity index (χ0) is 13.0. The summed E-state index contributed by atoms with van der Waals surface area (Å²) in [5, 5.41) is 2.04. The highest BCUT2D eigenvalue weighted by Gasteiger charge is 2.02. The van der Waals surface area contributed by atoms with Crippen LogP contribution in [0.25, 0.3) is 0 Å². The molecule has 2 aromatic rings. The molecule has 0 fully saturated rings. The minimum absolute atomic E-state index is 0.672. The lowest BCUT2D eigenvalue weighted by Crippen LogP contribution is -2.47. The Morgan fingerprint density at radius 2 is 1.72 bits per heavy atom. The van der Waals surface area contributed by atoms with Crippen molar-refractivity contribution in [2.75, 3.05) is 10.5 Å². The van der Waals surface area contributed by atoms with Crippen molar-refractivity contribution in [1.82, 2.24) is 5.53 Å². The molecule has 4 nitrogen and oxygen atoms in total. The van der Waals surface area contributed by atoms with Crippen LogP contribution in [0, 0.1) is 0 Å². The second-order valence-corrected chi connectivity index (χ2v) is 4.85. The Morgan fingerprint density at radius 1 is 1.06 bits per heavy atom. The van der Waals surface area contributed by atoms with E-state index in [0.717, 1.165) is 15.8 Å². The monoisotopic (exact) mass is 326 g/mol. The first kappa shape index (κ1) is 13.2. The minimum atomic E-state index is 0.672. The normalized spacial score (nSPS) is 10.2. The summed E-state index contributed by atoms with van der Waals surface area (Å²) in [7, 11) is 0. The molecule has 0 heterocycles. The third-order valence-corrected chi connectivity index (χ3v) is 3.23. The first-order chi connectivity index (χ1) is 8.66. The van der Waals surface area contributed by atoms with Crippen LogP contribution in [0.15, 0.2) is 53.0 Å². The fourth-order valence-electron chi connectivity index (χ4n) is 1.35. The number of hydrogen-bond acceptors (Lipinski definition) is 4. The summed E-state index contributed by atoms with van der Waals surface area (Å²) in [6.45, 7) is 0. The smallest absolute Gasteiger partial charge is 0.0719 e. The fraction of sp³-hybridized carbons (Fsp3) is 0. The third kappa shape index (κ3) is 3.36. The predicted octanol–water partition coefficient (Wildman–Crippen LogP) is 3.31. The fourth-order valence-corrected chi connectivity index (χ4v) is 1.86. The van der Waals surface area contributed by atoms with E-state index in [-0.39, 0.29) is 0 Å². The van der Waals surface area contributed by atoms with Crippen LogP contribution >= 0.6 is 27.5 Å². The Hall–Kier alpha value is -1.27. The van der Waals surface area contributed by atoms with Crippen LogP contribution in [0.2, 0.25) is 5.02 Å². The summed E-state index contributed by atoms with van der Waals surface area (Å²) in [6, 6.07) is 14.9. The summed E-state index contributed by atoms with van der Waals surface area (Å²) in [4.78, 5) is 0. The Morgan fingerprint density at radius 3 is 2.39 bits per heavy atom. The van der Waals surface area contributed by atoms with Crippen molar-refractivity contribution in [1.29, 1.82) is 0 Å². The number of benzene rings is 2. The van der Waals surface area contributed by atoms with E-state index in [2.05, 4.69) is 26.9 Å². The molecule has 0 saturated carbocycles. The molecule has 0 atom stereocenters. The highest BCUT2D eigenvalue weighted by Crippen LogP contribution is 2.20. The molecule has 0 bridgehead atoms. The molecule has 6 heteroatoms. The van der Waals surface area contributed by atoms with Gasteiger partial charge in [0, 0.05) is 9.50 Å². The molecule has 18 heavy (non-hydrogen) atoms. The van der Waals surface area contributed by atoms with Crippen LogP contribution < -0.4 is 21.9 Å². The lowest BCUT2D eigenvalue weighted by Gasteiger charge is -2.21. The number of para-hydroxylation sites is 1. The van der Waals surface area contributed by atoms with Crippen molar-refractivity contribution in [2.45, 2.75) is 0 Å². The largest absolute Gasteiger partial charge is 0.302 e. The molecule has 0 unspecified atom stereocenters. The lowest BCUT2D eigenvalue weighted by molar-refractivity contribution is 0.726. The molecule has 0 amide bonds. The van der Waals surface area contributed by atoms with Gasteiger partial charge in [-0.05, 0) is 52.3 Å². The van der Waals surface area contributed by atoms with Crippen LogP contribution in [0.5, 0.6) is 0 Å². The molecule has 0 radical (unpaired) electrons. The van der Waals surface area contributed by atoms with Gasteiger partial charge in [-0.2, -0.15) is 0 Å². The standard InChI is InChI=1S/C12H12BrClN4/c13-11-3-1-2-4-12(11)16-17-18(15)10-7-5-9(14)6-8-10/h1-8,16-17H,15H2. The van der Waals surface area contributed by atoms with Gasteiger partial charge in [-0.25, -0.2) is 11.0 Å². The average Bonchev–Trinajstić information content (AvgIpc) is 2.38. The van der Waals surface area contributed by atoms with Gasteiger partial charge >= 0.3 is 0 Å². The maximum atomic E-state index is 5.84. The number of nitrogens with one attached hydrogen (secondary N) is 2. The number of hydrogen-bond donors (Lipinski definition) is 3. The number of nitrogens with two attached hydrogens (primary N) is 1. The first-order valence-corrected chi connectivity index (χ1v) is 6.40. The van der Waals surface area contributed by atoms with Gasteiger partial charge in [-0.3, -0.25) is 0 Å².